The number of hydrogen-bond donors (Lipinski definition) is 1. The second kappa shape index (κ2) is 9.13. The van der Waals surface area contributed by atoms with Crippen molar-refractivity contribution in [2.45, 2.75) is 24.7 Å². The van der Waals surface area contributed by atoms with Crippen LogP contribution in [0.4, 0.5) is 23.2 Å². The van der Waals surface area contributed by atoms with Crippen LogP contribution in [0.3, 0.4) is 0 Å². The fraction of sp³-hybridized carbons (Fsp3) is 0.273. The standard InChI is InChI=1S/C22H22F4N4S/c1-4-31-21-18(20(27)28-12-13-6-5-7-15(23)10-13)19(30(2)3)16-9-8-14(22(24,25)26)11-17(16)29-21/h5-11H,4,12H2,1-3H3,(H2,27,28). The fourth-order valence-corrected chi connectivity index (χ4v) is 4.01. The van der Waals surface area contributed by atoms with Gasteiger partial charge in [0, 0.05) is 19.5 Å². The predicted molar refractivity (Wildman–Crippen MR) is 118 cm³/mol. The summed E-state index contributed by atoms with van der Waals surface area (Å²) in [4.78, 5) is 10.7. The number of nitrogens with zero attached hydrogens (tertiary/aromatic N) is 3. The van der Waals surface area contributed by atoms with E-state index in [-0.39, 0.29) is 23.7 Å². The van der Waals surface area contributed by atoms with Gasteiger partial charge in [-0.1, -0.05) is 25.1 Å². The van der Waals surface area contributed by atoms with E-state index in [0.717, 1.165) is 12.1 Å². The maximum atomic E-state index is 13.5. The highest BCUT2D eigenvalue weighted by Gasteiger charge is 2.31. The number of alkyl halides is 3. The Balaban J connectivity index is 2.19. The van der Waals surface area contributed by atoms with Crippen LogP contribution in [0, 0.1) is 5.82 Å². The molecule has 0 aliphatic heterocycles. The Morgan fingerprint density at radius 2 is 1.90 bits per heavy atom. The summed E-state index contributed by atoms with van der Waals surface area (Å²) in [5.41, 5.74) is 7.66. The maximum Gasteiger partial charge on any atom is 0.416 e. The van der Waals surface area contributed by atoms with E-state index in [9.17, 15) is 17.6 Å². The van der Waals surface area contributed by atoms with Crippen molar-refractivity contribution < 1.29 is 17.6 Å². The molecule has 1 heterocycles. The van der Waals surface area contributed by atoms with E-state index in [1.165, 1.54) is 30.0 Å². The molecule has 3 aromatic rings. The average Bonchev–Trinajstić information content (AvgIpc) is 2.70. The number of rotatable bonds is 6. The van der Waals surface area contributed by atoms with E-state index in [2.05, 4.69) is 9.98 Å². The zero-order chi connectivity index (χ0) is 22.8. The van der Waals surface area contributed by atoms with Gasteiger partial charge in [-0.15, -0.1) is 11.8 Å². The number of halogens is 4. The first-order valence-corrected chi connectivity index (χ1v) is 10.5. The predicted octanol–water partition coefficient (Wildman–Crippen LogP) is 5.48. The molecule has 0 radical (unpaired) electrons. The van der Waals surface area contributed by atoms with E-state index in [4.69, 9.17) is 5.73 Å². The largest absolute Gasteiger partial charge is 0.416 e. The van der Waals surface area contributed by atoms with Crippen molar-refractivity contribution in [1.29, 1.82) is 0 Å². The third kappa shape index (κ3) is 5.10. The van der Waals surface area contributed by atoms with E-state index in [1.54, 1.807) is 31.1 Å². The molecule has 0 atom stereocenters. The van der Waals surface area contributed by atoms with E-state index in [0.29, 0.717) is 33.0 Å². The van der Waals surface area contributed by atoms with Crippen LogP contribution in [0.5, 0.6) is 0 Å². The number of fused-ring (bicyclic) bond motifs is 1. The van der Waals surface area contributed by atoms with Crippen molar-refractivity contribution >= 4 is 34.2 Å². The van der Waals surface area contributed by atoms with Gasteiger partial charge in [0.25, 0.3) is 0 Å². The third-order valence-corrected chi connectivity index (χ3v) is 5.42. The summed E-state index contributed by atoms with van der Waals surface area (Å²) >= 11 is 1.37. The van der Waals surface area contributed by atoms with Crippen molar-refractivity contribution in [3.05, 3.63) is 65.0 Å². The number of amidine groups is 1. The minimum Gasteiger partial charge on any atom is -0.383 e. The van der Waals surface area contributed by atoms with Crippen molar-refractivity contribution in [3.63, 3.8) is 0 Å². The normalized spacial score (nSPS) is 12.4. The number of hydrogen-bond acceptors (Lipinski definition) is 4. The molecule has 0 spiro atoms. The van der Waals surface area contributed by atoms with E-state index >= 15 is 0 Å². The number of anilines is 1. The number of nitrogens with two attached hydrogens (primary N) is 1. The Hall–Kier alpha value is -2.81. The van der Waals surface area contributed by atoms with Crippen molar-refractivity contribution in [1.82, 2.24) is 4.98 Å². The topological polar surface area (TPSA) is 54.5 Å². The summed E-state index contributed by atoms with van der Waals surface area (Å²) in [6, 6.07) is 9.55. The number of pyridine rings is 1. The van der Waals surface area contributed by atoms with Gasteiger partial charge in [-0.2, -0.15) is 13.2 Å². The molecule has 0 aliphatic carbocycles. The van der Waals surface area contributed by atoms with Gasteiger partial charge in [-0.25, -0.2) is 9.37 Å². The van der Waals surface area contributed by atoms with Gasteiger partial charge in [0.05, 0.1) is 28.9 Å². The lowest BCUT2D eigenvalue weighted by Gasteiger charge is -2.22. The molecule has 0 fully saturated rings. The van der Waals surface area contributed by atoms with Crippen LogP contribution < -0.4 is 10.6 Å². The monoisotopic (exact) mass is 450 g/mol. The van der Waals surface area contributed by atoms with E-state index < -0.39 is 11.7 Å². The van der Waals surface area contributed by atoms with Crippen LogP contribution in [-0.2, 0) is 12.7 Å². The van der Waals surface area contributed by atoms with Crippen LogP contribution in [0.2, 0.25) is 0 Å². The second-order valence-electron chi connectivity index (χ2n) is 7.03. The van der Waals surface area contributed by atoms with Crippen molar-refractivity contribution in [2.75, 3.05) is 24.7 Å². The minimum atomic E-state index is -4.46. The maximum absolute atomic E-state index is 13.5. The van der Waals surface area contributed by atoms with Crippen LogP contribution in [0.15, 0.2) is 52.5 Å². The van der Waals surface area contributed by atoms with Crippen molar-refractivity contribution in [3.8, 4) is 0 Å². The second-order valence-corrected chi connectivity index (χ2v) is 8.28. The molecule has 31 heavy (non-hydrogen) atoms. The van der Waals surface area contributed by atoms with Gasteiger partial charge >= 0.3 is 6.18 Å². The summed E-state index contributed by atoms with van der Waals surface area (Å²) in [6.45, 7) is 2.08. The molecule has 0 unspecified atom stereocenters. The Morgan fingerprint density at radius 1 is 1.16 bits per heavy atom. The fourth-order valence-electron chi connectivity index (χ4n) is 3.23. The zero-order valence-electron chi connectivity index (χ0n) is 17.3. The number of aliphatic imine (C=N–C) groups is 1. The van der Waals surface area contributed by atoms with Gasteiger partial charge in [0.1, 0.15) is 16.7 Å². The van der Waals surface area contributed by atoms with Gasteiger partial charge in [0.2, 0.25) is 0 Å². The quantitative estimate of drug-likeness (QED) is 0.234. The molecule has 2 N–H and O–H groups in total. The Labute approximate surface area is 182 Å². The number of benzene rings is 2. The molecule has 9 heteroatoms. The summed E-state index contributed by atoms with van der Waals surface area (Å²) in [5, 5.41) is 1.04. The number of thioether (sulfide) groups is 1. The van der Waals surface area contributed by atoms with Gasteiger partial charge in [-0.3, -0.25) is 4.99 Å². The molecule has 0 saturated heterocycles. The molecule has 3 rings (SSSR count). The van der Waals surface area contributed by atoms with Crippen LogP contribution in [-0.4, -0.2) is 30.7 Å². The minimum absolute atomic E-state index is 0.164. The molecule has 2 aromatic carbocycles. The lowest BCUT2D eigenvalue weighted by molar-refractivity contribution is -0.137. The van der Waals surface area contributed by atoms with Crippen LogP contribution in [0.25, 0.3) is 10.9 Å². The molecule has 0 amide bonds. The molecular weight excluding hydrogens is 428 g/mol. The Morgan fingerprint density at radius 3 is 2.52 bits per heavy atom. The summed E-state index contributed by atoms with van der Waals surface area (Å²) in [6.07, 6.45) is -4.46. The molecule has 164 valence electrons. The van der Waals surface area contributed by atoms with E-state index in [1.807, 2.05) is 6.92 Å². The molecular formula is C22H22F4N4S. The summed E-state index contributed by atoms with van der Waals surface area (Å²) < 4.78 is 53.1. The SMILES string of the molecule is CCSc1nc2cc(C(F)(F)F)ccc2c(N(C)C)c1C(N)=NCc1cccc(F)c1. The molecule has 0 saturated carbocycles. The first-order valence-electron chi connectivity index (χ1n) is 9.51. The molecule has 0 bridgehead atoms. The smallest absolute Gasteiger partial charge is 0.383 e. The van der Waals surface area contributed by atoms with Gasteiger partial charge < -0.3 is 10.6 Å². The summed E-state index contributed by atoms with van der Waals surface area (Å²) in [7, 11) is 3.58. The van der Waals surface area contributed by atoms with Gasteiger partial charge in [-0.05, 0) is 35.6 Å². The molecule has 4 nitrogen and oxygen atoms in total. The zero-order valence-corrected chi connectivity index (χ0v) is 18.1. The Bertz CT molecular complexity index is 1130. The molecule has 1 aromatic heterocycles. The highest BCUT2D eigenvalue weighted by Crippen LogP contribution is 2.38. The molecule has 0 aliphatic rings. The van der Waals surface area contributed by atoms with Crippen LogP contribution in [0.1, 0.15) is 23.6 Å². The third-order valence-electron chi connectivity index (χ3n) is 4.56. The average molecular weight is 451 g/mol. The van der Waals surface area contributed by atoms with Crippen LogP contribution >= 0.6 is 11.8 Å². The van der Waals surface area contributed by atoms with Crippen molar-refractivity contribution in [2.24, 2.45) is 10.7 Å². The Kier molecular flexibility index (Phi) is 6.74. The summed E-state index contributed by atoms with van der Waals surface area (Å²) in [5.74, 6) is 0.475. The lowest BCUT2D eigenvalue weighted by Crippen LogP contribution is -2.22. The van der Waals surface area contributed by atoms with Gasteiger partial charge in [0.15, 0.2) is 0 Å². The number of aromatic nitrogens is 1. The lowest BCUT2D eigenvalue weighted by atomic mass is 10.0. The first kappa shape index (κ1) is 22.9. The first-order chi connectivity index (χ1) is 14.6. The highest BCUT2D eigenvalue weighted by atomic mass is 32.2. The highest BCUT2D eigenvalue weighted by molar-refractivity contribution is 7.99.